The average Bonchev–Trinajstić information content (AvgIpc) is 2.94. The van der Waals surface area contributed by atoms with E-state index < -0.39 is 0 Å². The molecule has 1 aromatic heterocycles. The summed E-state index contributed by atoms with van der Waals surface area (Å²) in [5.41, 5.74) is 1.72. The van der Waals surface area contributed by atoms with E-state index in [0.717, 1.165) is 17.1 Å². The summed E-state index contributed by atoms with van der Waals surface area (Å²) in [6.45, 7) is 3.23. The van der Waals surface area contributed by atoms with Gasteiger partial charge in [-0.3, -0.25) is 4.79 Å². The van der Waals surface area contributed by atoms with Crippen molar-refractivity contribution in [3.05, 3.63) is 36.7 Å². The summed E-state index contributed by atoms with van der Waals surface area (Å²) in [6, 6.07) is 7.36. The van der Waals surface area contributed by atoms with Crippen LogP contribution in [-0.2, 0) is 16.6 Å². The van der Waals surface area contributed by atoms with Crippen LogP contribution in [0.3, 0.4) is 0 Å². The molecular formula is C16H22Cl2N4O2. The number of nitrogens with zero attached hydrogens (tertiary/aromatic N) is 2. The van der Waals surface area contributed by atoms with Gasteiger partial charge in [-0.2, -0.15) is 0 Å². The van der Waals surface area contributed by atoms with Crippen molar-refractivity contribution < 1.29 is 9.53 Å². The summed E-state index contributed by atoms with van der Waals surface area (Å²) in [5.74, 6) is 0.785. The van der Waals surface area contributed by atoms with E-state index in [1.165, 1.54) is 0 Å². The molecule has 1 aromatic carbocycles. The van der Waals surface area contributed by atoms with Crippen LogP contribution in [0.4, 0.5) is 5.69 Å². The largest absolute Gasteiger partial charge is 0.375 e. The van der Waals surface area contributed by atoms with Crippen LogP contribution < -0.4 is 10.6 Å². The molecule has 8 heteroatoms. The second-order valence-electron chi connectivity index (χ2n) is 5.44. The molecule has 6 nitrogen and oxygen atoms in total. The van der Waals surface area contributed by atoms with Gasteiger partial charge in [-0.25, -0.2) is 4.98 Å². The molecule has 1 aliphatic heterocycles. The normalized spacial score (nSPS) is 19.8. The van der Waals surface area contributed by atoms with Gasteiger partial charge >= 0.3 is 0 Å². The first-order valence-corrected chi connectivity index (χ1v) is 7.39. The molecule has 0 unspecified atom stereocenters. The minimum Gasteiger partial charge on any atom is -0.375 e. The quantitative estimate of drug-likeness (QED) is 0.866. The molecule has 2 atom stereocenters. The monoisotopic (exact) mass is 372 g/mol. The van der Waals surface area contributed by atoms with Crippen molar-refractivity contribution in [2.75, 3.05) is 18.5 Å². The van der Waals surface area contributed by atoms with Crippen molar-refractivity contribution in [1.29, 1.82) is 0 Å². The maximum Gasteiger partial charge on any atom is 0.244 e. The van der Waals surface area contributed by atoms with Gasteiger partial charge < -0.3 is 19.9 Å². The van der Waals surface area contributed by atoms with Crippen LogP contribution in [0.15, 0.2) is 36.7 Å². The highest BCUT2D eigenvalue weighted by Crippen LogP contribution is 2.21. The minimum atomic E-state index is -0.328. The fourth-order valence-corrected chi connectivity index (χ4v) is 2.63. The smallest absolute Gasteiger partial charge is 0.244 e. The fourth-order valence-electron chi connectivity index (χ4n) is 2.63. The number of carbonyl (C=O) groups is 1. The topological polar surface area (TPSA) is 68.2 Å². The molecule has 24 heavy (non-hydrogen) atoms. The lowest BCUT2D eigenvalue weighted by Gasteiger charge is -2.29. The maximum atomic E-state index is 12.4. The Hall–Kier alpha value is -1.60. The Morgan fingerprint density at radius 2 is 2.21 bits per heavy atom. The second kappa shape index (κ2) is 9.03. The fraction of sp³-hybridized carbons (Fsp3) is 0.375. The summed E-state index contributed by atoms with van der Waals surface area (Å²) in [7, 11) is 1.94. The number of aromatic nitrogens is 2. The lowest BCUT2D eigenvalue weighted by atomic mass is 10.1. The lowest BCUT2D eigenvalue weighted by Crippen LogP contribution is -2.53. The number of rotatable bonds is 3. The van der Waals surface area contributed by atoms with E-state index in [2.05, 4.69) is 15.6 Å². The van der Waals surface area contributed by atoms with E-state index in [1.807, 2.05) is 49.0 Å². The Kier molecular flexibility index (Phi) is 7.69. The van der Waals surface area contributed by atoms with E-state index in [4.69, 9.17) is 4.74 Å². The number of nitrogens with one attached hydrogen (secondary N) is 2. The first-order valence-electron chi connectivity index (χ1n) is 7.39. The average molecular weight is 373 g/mol. The van der Waals surface area contributed by atoms with Gasteiger partial charge in [0.05, 0.1) is 12.7 Å². The van der Waals surface area contributed by atoms with Gasteiger partial charge in [-0.1, -0.05) is 12.1 Å². The van der Waals surface area contributed by atoms with Gasteiger partial charge in [-0.05, 0) is 19.1 Å². The minimum absolute atomic E-state index is 0. The molecule has 1 fully saturated rings. The molecule has 2 N–H and O–H groups in total. The first-order chi connectivity index (χ1) is 10.6. The number of halogens is 2. The Labute approximate surface area is 153 Å². The Morgan fingerprint density at radius 1 is 1.42 bits per heavy atom. The van der Waals surface area contributed by atoms with Gasteiger partial charge in [-0.15, -0.1) is 24.8 Å². The zero-order valence-corrected chi connectivity index (χ0v) is 15.2. The number of ether oxygens (including phenoxy) is 1. The van der Waals surface area contributed by atoms with Crippen molar-refractivity contribution in [2.24, 2.45) is 7.05 Å². The van der Waals surface area contributed by atoms with Gasteiger partial charge in [0, 0.05) is 37.2 Å². The van der Waals surface area contributed by atoms with E-state index in [0.29, 0.717) is 13.2 Å². The Bertz CT molecular complexity index is 678. The third kappa shape index (κ3) is 4.48. The molecule has 0 saturated carbocycles. The van der Waals surface area contributed by atoms with E-state index >= 15 is 0 Å². The standard InChI is InChI=1S/C16H20N4O2.2ClH/c1-11-14(17-7-9-22-11)16(21)19-13-5-3-4-12(10-13)15-18-6-8-20(15)2;;/h3-6,8,10-11,14,17H,7,9H2,1-2H3,(H,19,21);2*1H/t11-,14+;;/m1../s1. The Morgan fingerprint density at radius 3 is 2.88 bits per heavy atom. The highest BCUT2D eigenvalue weighted by Gasteiger charge is 2.28. The van der Waals surface area contributed by atoms with Crippen molar-refractivity contribution >= 4 is 36.4 Å². The van der Waals surface area contributed by atoms with Crippen molar-refractivity contribution in [3.8, 4) is 11.4 Å². The number of amides is 1. The van der Waals surface area contributed by atoms with Crippen LogP contribution in [-0.4, -0.2) is 40.8 Å². The highest BCUT2D eigenvalue weighted by atomic mass is 35.5. The van der Waals surface area contributed by atoms with Gasteiger partial charge in [0.2, 0.25) is 5.91 Å². The molecule has 1 saturated heterocycles. The molecule has 1 aliphatic rings. The number of anilines is 1. The summed E-state index contributed by atoms with van der Waals surface area (Å²) >= 11 is 0. The predicted octanol–water partition coefficient (Wildman–Crippen LogP) is 2.25. The predicted molar refractivity (Wildman–Crippen MR) is 99.0 cm³/mol. The van der Waals surface area contributed by atoms with Crippen LogP contribution in [0.1, 0.15) is 6.92 Å². The molecular weight excluding hydrogens is 351 g/mol. The van der Waals surface area contributed by atoms with Gasteiger partial charge in [0.25, 0.3) is 0 Å². The van der Waals surface area contributed by atoms with Gasteiger partial charge in [0.15, 0.2) is 0 Å². The van der Waals surface area contributed by atoms with Gasteiger partial charge in [0.1, 0.15) is 11.9 Å². The summed E-state index contributed by atoms with van der Waals surface area (Å²) < 4.78 is 7.45. The van der Waals surface area contributed by atoms with Crippen LogP contribution in [0.5, 0.6) is 0 Å². The van der Waals surface area contributed by atoms with E-state index in [9.17, 15) is 4.79 Å². The highest BCUT2D eigenvalue weighted by molar-refractivity contribution is 5.95. The number of benzene rings is 1. The summed E-state index contributed by atoms with van der Waals surface area (Å²) in [4.78, 5) is 16.7. The number of carbonyl (C=O) groups excluding carboxylic acids is 1. The van der Waals surface area contributed by atoms with E-state index in [1.54, 1.807) is 6.20 Å². The van der Waals surface area contributed by atoms with Crippen LogP contribution in [0.2, 0.25) is 0 Å². The third-order valence-corrected chi connectivity index (χ3v) is 3.81. The summed E-state index contributed by atoms with van der Waals surface area (Å²) in [6.07, 6.45) is 3.52. The molecule has 3 rings (SSSR count). The van der Waals surface area contributed by atoms with Crippen LogP contribution >= 0.6 is 24.8 Å². The molecule has 2 heterocycles. The van der Waals surface area contributed by atoms with Crippen molar-refractivity contribution in [1.82, 2.24) is 14.9 Å². The molecule has 0 spiro atoms. The number of aryl methyl sites for hydroxylation is 1. The SMILES string of the molecule is C[C@H]1OCCN[C@@H]1C(=O)Nc1cccc(-c2nccn2C)c1.Cl.Cl. The van der Waals surface area contributed by atoms with E-state index in [-0.39, 0.29) is 42.9 Å². The summed E-state index contributed by atoms with van der Waals surface area (Å²) in [5, 5.41) is 6.13. The molecule has 2 aromatic rings. The number of hydrogen-bond acceptors (Lipinski definition) is 4. The third-order valence-electron chi connectivity index (χ3n) is 3.81. The first kappa shape index (κ1) is 20.4. The maximum absolute atomic E-state index is 12.4. The number of imidazole rings is 1. The van der Waals surface area contributed by atoms with Crippen LogP contribution in [0, 0.1) is 0 Å². The number of morpholine rings is 1. The zero-order valence-electron chi connectivity index (χ0n) is 13.6. The molecule has 1 amide bonds. The zero-order chi connectivity index (χ0) is 15.5. The number of hydrogen-bond donors (Lipinski definition) is 2. The second-order valence-corrected chi connectivity index (χ2v) is 5.44. The Balaban J connectivity index is 0.00000144. The van der Waals surface area contributed by atoms with Crippen molar-refractivity contribution in [2.45, 2.75) is 19.1 Å². The lowest BCUT2D eigenvalue weighted by molar-refractivity contribution is -0.123. The molecule has 0 bridgehead atoms. The van der Waals surface area contributed by atoms with Crippen LogP contribution in [0.25, 0.3) is 11.4 Å². The van der Waals surface area contributed by atoms with Crippen molar-refractivity contribution in [3.63, 3.8) is 0 Å². The molecule has 0 aliphatic carbocycles. The molecule has 132 valence electrons. The molecule has 0 radical (unpaired) electrons.